The molecule has 0 spiro atoms. The minimum absolute atomic E-state index is 0.118. The van der Waals surface area contributed by atoms with Crippen molar-refractivity contribution < 1.29 is 18.0 Å². The highest BCUT2D eigenvalue weighted by Gasteiger charge is 2.33. The van der Waals surface area contributed by atoms with Gasteiger partial charge in [-0.25, -0.2) is 14.6 Å². The van der Waals surface area contributed by atoms with E-state index in [9.17, 15) is 18.0 Å². The van der Waals surface area contributed by atoms with Gasteiger partial charge in [0.2, 0.25) is 0 Å². The third-order valence-corrected chi connectivity index (χ3v) is 3.87. The van der Waals surface area contributed by atoms with Gasteiger partial charge in [-0.2, -0.15) is 18.3 Å². The number of nitrogens with one attached hydrogen (secondary N) is 1. The van der Waals surface area contributed by atoms with Gasteiger partial charge in [-0.3, -0.25) is 9.78 Å². The Kier molecular flexibility index (Phi) is 5.18. The monoisotopic (exact) mass is 411 g/mol. The van der Waals surface area contributed by atoms with Crippen molar-refractivity contribution in [2.24, 2.45) is 0 Å². The number of amides is 1. The van der Waals surface area contributed by atoms with Crippen molar-refractivity contribution in [3.8, 4) is 5.82 Å². The molecular weight excluding hydrogens is 399 g/mol. The van der Waals surface area contributed by atoms with Crippen LogP contribution >= 0.6 is 11.6 Å². The number of nitrogens with two attached hydrogens (primary N) is 1. The van der Waals surface area contributed by atoms with E-state index in [-0.39, 0.29) is 28.2 Å². The SMILES string of the molecule is Cc1cnn(-c2nc(N)c(C(=O)NCc3ncccc3C(F)(F)F)nc2Cl)c1. The van der Waals surface area contributed by atoms with E-state index in [2.05, 4.69) is 25.4 Å². The average Bonchev–Trinajstić information content (AvgIpc) is 3.07. The summed E-state index contributed by atoms with van der Waals surface area (Å²) in [4.78, 5) is 23.9. The summed E-state index contributed by atoms with van der Waals surface area (Å²) in [5.41, 5.74) is 5.01. The Morgan fingerprint density at radius 2 is 2.11 bits per heavy atom. The van der Waals surface area contributed by atoms with E-state index >= 15 is 0 Å². The second-order valence-corrected chi connectivity index (χ2v) is 6.07. The van der Waals surface area contributed by atoms with Gasteiger partial charge in [0.1, 0.15) is 0 Å². The Labute approximate surface area is 161 Å². The normalized spacial score (nSPS) is 11.5. The smallest absolute Gasteiger partial charge is 0.382 e. The van der Waals surface area contributed by atoms with E-state index in [0.29, 0.717) is 0 Å². The van der Waals surface area contributed by atoms with Crippen LogP contribution in [-0.2, 0) is 12.7 Å². The molecular formula is C16H13ClF3N7O. The molecule has 0 saturated heterocycles. The van der Waals surface area contributed by atoms with Crippen molar-refractivity contribution in [3.63, 3.8) is 0 Å². The molecule has 3 rings (SSSR count). The molecule has 0 bridgehead atoms. The summed E-state index contributed by atoms with van der Waals surface area (Å²) in [6.07, 6.45) is -0.197. The molecule has 0 atom stereocenters. The van der Waals surface area contributed by atoms with E-state index in [1.54, 1.807) is 12.4 Å². The van der Waals surface area contributed by atoms with Crippen LogP contribution in [0.3, 0.4) is 0 Å². The number of rotatable bonds is 4. The molecule has 3 aromatic rings. The van der Waals surface area contributed by atoms with Crippen LogP contribution in [0.15, 0.2) is 30.7 Å². The number of hydrogen-bond acceptors (Lipinski definition) is 6. The third kappa shape index (κ3) is 4.03. The first kappa shape index (κ1) is 19.5. The lowest BCUT2D eigenvalue weighted by Gasteiger charge is -2.13. The Morgan fingerprint density at radius 1 is 1.36 bits per heavy atom. The maximum Gasteiger partial charge on any atom is 0.418 e. The number of carbonyl (C=O) groups excluding carboxylic acids is 1. The molecule has 0 aliphatic rings. The van der Waals surface area contributed by atoms with Gasteiger partial charge in [0.05, 0.1) is 24.0 Å². The highest BCUT2D eigenvalue weighted by Crippen LogP contribution is 2.31. The van der Waals surface area contributed by atoms with Gasteiger partial charge in [-0.15, -0.1) is 0 Å². The fourth-order valence-corrected chi connectivity index (χ4v) is 2.56. The zero-order chi connectivity index (χ0) is 20.5. The predicted molar refractivity (Wildman–Crippen MR) is 93.7 cm³/mol. The van der Waals surface area contributed by atoms with Gasteiger partial charge in [0.15, 0.2) is 22.5 Å². The van der Waals surface area contributed by atoms with E-state index in [1.165, 1.54) is 10.9 Å². The molecule has 28 heavy (non-hydrogen) atoms. The third-order valence-electron chi connectivity index (χ3n) is 3.62. The van der Waals surface area contributed by atoms with Gasteiger partial charge in [0.25, 0.3) is 5.91 Å². The second-order valence-electron chi connectivity index (χ2n) is 5.71. The zero-order valence-electron chi connectivity index (χ0n) is 14.3. The van der Waals surface area contributed by atoms with Crippen LogP contribution in [0.4, 0.5) is 19.0 Å². The lowest BCUT2D eigenvalue weighted by molar-refractivity contribution is -0.138. The number of pyridine rings is 1. The molecule has 0 aliphatic heterocycles. The topological polar surface area (TPSA) is 112 Å². The van der Waals surface area contributed by atoms with E-state index in [0.717, 1.165) is 17.7 Å². The van der Waals surface area contributed by atoms with Crippen LogP contribution < -0.4 is 11.1 Å². The summed E-state index contributed by atoms with van der Waals surface area (Å²) in [7, 11) is 0. The van der Waals surface area contributed by atoms with Crippen LogP contribution in [0.1, 0.15) is 27.3 Å². The number of anilines is 1. The summed E-state index contributed by atoms with van der Waals surface area (Å²) < 4.78 is 40.3. The Bertz CT molecular complexity index is 1040. The number of nitrogens with zero attached hydrogens (tertiary/aromatic N) is 5. The summed E-state index contributed by atoms with van der Waals surface area (Å²) >= 11 is 6.06. The first-order valence-corrected chi connectivity index (χ1v) is 8.18. The van der Waals surface area contributed by atoms with Gasteiger partial charge in [0, 0.05) is 12.4 Å². The van der Waals surface area contributed by atoms with Crippen molar-refractivity contribution in [2.75, 3.05) is 5.73 Å². The molecule has 0 saturated carbocycles. The number of halogens is 4. The molecule has 0 aromatic carbocycles. The molecule has 3 N–H and O–H groups in total. The minimum Gasteiger partial charge on any atom is -0.382 e. The van der Waals surface area contributed by atoms with Crippen LogP contribution in [0.25, 0.3) is 5.82 Å². The molecule has 0 radical (unpaired) electrons. The van der Waals surface area contributed by atoms with E-state index in [1.807, 2.05) is 6.92 Å². The van der Waals surface area contributed by atoms with Gasteiger partial charge in [-0.05, 0) is 24.6 Å². The fraction of sp³-hybridized carbons (Fsp3) is 0.188. The summed E-state index contributed by atoms with van der Waals surface area (Å²) in [5, 5.41) is 6.18. The van der Waals surface area contributed by atoms with Crippen molar-refractivity contribution >= 4 is 23.3 Å². The first-order chi connectivity index (χ1) is 13.2. The second kappa shape index (κ2) is 7.43. The van der Waals surface area contributed by atoms with Crippen molar-refractivity contribution in [3.05, 3.63) is 58.4 Å². The maximum atomic E-state index is 13.0. The highest BCUT2D eigenvalue weighted by molar-refractivity contribution is 6.31. The Balaban J connectivity index is 1.82. The van der Waals surface area contributed by atoms with Gasteiger partial charge >= 0.3 is 6.18 Å². The molecule has 0 aliphatic carbocycles. The molecule has 0 fully saturated rings. The van der Waals surface area contributed by atoms with Crippen molar-refractivity contribution in [1.82, 2.24) is 30.0 Å². The highest BCUT2D eigenvalue weighted by atomic mass is 35.5. The summed E-state index contributed by atoms with van der Waals surface area (Å²) in [6, 6.07) is 2.04. The lowest BCUT2D eigenvalue weighted by Crippen LogP contribution is -2.27. The Morgan fingerprint density at radius 3 is 2.75 bits per heavy atom. The molecule has 3 heterocycles. The summed E-state index contributed by atoms with van der Waals surface area (Å²) in [5.74, 6) is -0.969. The molecule has 0 unspecified atom stereocenters. The largest absolute Gasteiger partial charge is 0.418 e. The van der Waals surface area contributed by atoms with Crippen LogP contribution in [0.5, 0.6) is 0 Å². The van der Waals surface area contributed by atoms with E-state index < -0.39 is 24.2 Å². The maximum absolute atomic E-state index is 13.0. The molecule has 146 valence electrons. The minimum atomic E-state index is -4.60. The first-order valence-electron chi connectivity index (χ1n) is 7.80. The quantitative estimate of drug-likeness (QED) is 0.682. The van der Waals surface area contributed by atoms with Crippen LogP contribution in [-0.4, -0.2) is 30.6 Å². The standard InChI is InChI=1S/C16H13ClF3N7O/c1-8-5-24-27(7-8)14-12(17)25-11(13(21)26-14)15(28)23-6-10-9(16(18,19)20)3-2-4-22-10/h2-5,7H,6H2,1H3,(H2,21,26)(H,23,28). The number of nitrogen functional groups attached to an aromatic ring is 1. The number of carbonyl (C=O) groups is 1. The van der Waals surface area contributed by atoms with Crippen molar-refractivity contribution in [2.45, 2.75) is 19.6 Å². The molecule has 1 amide bonds. The Hall–Kier alpha value is -3.21. The van der Waals surface area contributed by atoms with Gasteiger partial charge < -0.3 is 11.1 Å². The average molecular weight is 412 g/mol. The molecule has 3 aromatic heterocycles. The number of alkyl halides is 3. The molecule has 12 heteroatoms. The molecule has 8 nitrogen and oxygen atoms in total. The number of hydrogen-bond donors (Lipinski definition) is 2. The predicted octanol–water partition coefficient (Wildman–Crippen LogP) is 2.55. The van der Waals surface area contributed by atoms with Crippen LogP contribution in [0.2, 0.25) is 5.15 Å². The summed E-state index contributed by atoms with van der Waals surface area (Å²) in [6.45, 7) is 1.33. The van der Waals surface area contributed by atoms with Crippen molar-refractivity contribution in [1.29, 1.82) is 0 Å². The number of aromatic nitrogens is 5. The van der Waals surface area contributed by atoms with E-state index in [4.69, 9.17) is 17.3 Å². The van der Waals surface area contributed by atoms with Crippen LogP contribution in [0, 0.1) is 6.92 Å². The van der Waals surface area contributed by atoms with Gasteiger partial charge in [-0.1, -0.05) is 11.6 Å². The fourth-order valence-electron chi connectivity index (χ4n) is 2.34. The number of aryl methyl sites for hydroxylation is 1. The lowest BCUT2D eigenvalue weighted by atomic mass is 10.2. The zero-order valence-corrected chi connectivity index (χ0v) is 15.1.